The second-order valence-corrected chi connectivity index (χ2v) is 12.2. The number of fused-ring (bicyclic) bond motifs is 3. The minimum Gasteiger partial charge on any atom is -0.492 e. The number of aryl methyl sites for hydroxylation is 1. The fraction of sp³-hybridized carbons (Fsp3) is 0.306. The lowest BCUT2D eigenvalue weighted by molar-refractivity contribution is 0.0635. The molecule has 0 saturated heterocycles. The molecule has 3 aromatic carbocycles. The fourth-order valence-corrected chi connectivity index (χ4v) is 5.31. The Morgan fingerprint density at radius 1 is 0.771 bits per heavy atom. The number of ether oxygens (including phenoxy) is 3. The summed E-state index contributed by atoms with van der Waals surface area (Å²) in [6, 6.07) is 12.5. The molecule has 0 bridgehead atoms. The zero-order valence-corrected chi connectivity index (χ0v) is 27.6. The predicted molar refractivity (Wildman–Crippen MR) is 177 cm³/mol. The largest absolute Gasteiger partial charge is 0.492 e. The summed E-state index contributed by atoms with van der Waals surface area (Å²) >= 11 is 0. The summed E-state index contributed by atoms with van der Waals surface area (Å²) in [5.74, 6) is -2.03. The van der Waals surface area contributed by atoms with E-state index in [2.05, 4.69) is 16.2 Å². The van der Waals surface area contributed by atoms with E-state index in [4.69, 9.17) is 18.6 Å². The van der Waals surface area contributed by atoms with Gasteiger partial charge in [0.25, 0.3) is 11.8 Å². The number of carbonyl (C=O) groups excluding carboxylic acids is 5. The second-order valence-electron chi connectivity index (χ2n) is 12.2. The number of ketones is 2. The highest BCUT2D eigenvalue weighted by atomic mass is 16.6. The normalized spacial score (nSPS) is 12.2. The summed E-state index contributed by atoms with van der Waals surface area (Å²) in [4.78, 5) is 66.7. The van der Waals surface area contributed by atoms with Crippen LogP contribution in [-0.4, -0.2) is 48.3 Å². The van der Waals surface area contributed by atoms with Crippen LogP contribution in [0.2, 0.25) is 0 Å². The van der Waals surface area contributed by atoms with Gasteiger partial charge in [0.05, 0.1) is 35.3 Å². The molecule has 3 N–H and O–H groups in total. The molecule has 4 aromatic rings. The Hall–Kier alpha value is -5.65. The first kappa shape index (κ1) is 33.7. The van der Waals surface area contributed by atoms with Gasteiger partial charge in [-0.2, -0.15) is 0 Å². The van der Waals surface area contributed by atoms with Crippen molar-refractivity contribution in [2.45, 2.75) is 60.0 Å². The third-order valence-corrected chi connectivity index (χ3v) is 7.30. The highest BCUT2D eigenvalue weighted by Gasteiger charge is 2.40. The van der Waals surface area contributed by atoms with Crippen LogP contribution in [0.3, 0.4) is 0 Å². The first-order valence-electron chi connectivity index (χ1n) is 15.6. The topological polar surface area (TPSA) is 162 Å². The number of furan rings is 1. The number of carbonyl (C=O) groups is 5. The summed E-state index contributed by atoms with van der Waals surface area (Å²) < 4.78 is 23.5. The van der Waals surface area contributed by atoms with Gasteiger partial charge in [0.15, 0.2) is 22.9 Å². The van der Waals surface area contributed by atoms with Gasteiger partial charge in [-0.1, -0.05) is 38.1 Å². The van der Waals surface area contributed by atoms with Gasteiger partial charge in [-0.15, -0.1) is 0 Å². The van der Waals surface area contributed by atoms with Crippen molar-refractivity contribution in [1.82, 2.24) is 10.9 Å². The molecule has 1 aliphatic rings. The van der Waals surface area contributed by atoms with Crippen molar-refractivity contribution in [2.75, 3.05) is 18.5 Å². The van der Waals surface area contributed by atoms with Crippen LogP contribution in [0.1, 0.15) is 106 Å². The summed E-state index contributed by atoms with van der Waals surface area (Å²) in [5, 5.41) is 2.74. The Bertz CT molecular complexity index is 1940. The van der Waals surface area contributed by atoms with Gasteiger partial charge in [-0.3, -0.25) is 35.3 Å². The Morgan fingerprint density at radius 2 is 1.31 bits per heavy atom. The number of rotatable bonds is 9. The molecule has 0 saturated carbocycles. The average molecular weight is 656 g/mol. The van der Waals surface area contributed by atoms with Crippen molar-refractivity contribution in [2.24, 2.45) is 0 Å². The van der Waals surface area contributed by atoms with Crippen molar-refractivity contribution in [3.8, 4) is 11.5 Å². The summed E-state index contributed by atoms with van der Waals surface area (Å²) in [6.07, 6.45) is 0.529. The van der Waals surface area contributed by atoms with E-state index in [1.807, 2.05) is 13.8 Å². The lowest BCUT2D eigenvalue weighted by Gasteiger charge is -2.23. The van der Waals surface area contributed by atoms with Gasteiger partial charge in [0.1, 0.15) is 17.1 Å². The quantitative estimate of drug-likeness (QED) is 0.150. The minimum absolute atomic E-state index is 0.00318. The van der Waals surface area contributed by atoms with Crippen LogP contribution < -0.4 is 25.6 Å². The van der Waals surface area contributed by atoms with E-state index in [1.54, 1.807) is 52.0 Å². The Kier molecular flexibility index (Phi) is 9.55. The van der Waals surface area contributed by atoms with E-state index in [0.29, 0.717) is 18.5 Å². The third kappa shape index (κ3) is 6.59. The summed E-state index contributed by atoms with van der Waals surface area (Å²) in [7, 11) is 0. The Morgan fingerprint density at radius 3 is 1.88 bits per heavy atom. The zero-order chi connectivity index (χ0) is 34.7. The van der Waals surface area contributed by atoms with Crippen LogP contribution >= 0.6 is 0 Å². The first-order chi connectivity index (χ1) is 22.9. The Balaban J connectivity index is 1.50. The SMILES string of the molecule is CCCOc1c2c(c(OCCC)c3c(C(=O)NNC(=O)c4ccc(NC(=O)OC(C)(C)C)cc4)c(C)oc13)C(=O)c1ccccc1C2=O. The van der Waals surface area contributed by atoms with Crippen LogP contribution in [-0.2, 0) is 4.74 Å². The lowest BCUT2D eigenvalue weighted by atomic mass is 9.82. The molecule has 0 unspecified atom stereocenters. The highest BCUT2D eigenvalue weighted by molar-refractivity contribution is 6.33. The summed E-state index contributed by atoms with van der Waals surface area (Å²) in [6.45, 7) is 11.0. The van der Waals surface area contributed by atoms with E-state index in [9.17, 15) is 24.0 Å². The maximum Gasteiger partial charge on any atom is 0.412 e. The maximum absolute atomic E-state index is 14.0. The number of nitrogens with one attached hydrogen (secondary N) is 3. The van der Waals surface area contributed by atoms with Crippen molar-refractivity contribution < 1.29 is 42.6 Å². The molecular formula is C36H37N3O9. The zero-order valence-electron chi connectivity index (χ0n) is 27.6. The van der Waals surface area contributed by atoms with Crippen molar-refractivity contribution >= 4 is 46.1 Å². The summed E-state index contributed by atoms with van der Waals surface area (Å²) in [5.41, 5.74) is 5.25. The van der Waals surface area contributed by atoms with Gasteiger partial charge < -0.3 is 18.6 Å². The van der Waals surface area contributed by atoms with Gasteiger partial charge in [0.2, 0.25) is 0 Å². The maximum atomic E-state index is 14.0. The molecule has 0 atom stereocenters. The molecule has 0 fully saturated rings. The third-order valence-electron chi connectivity index (χ3n) is 7.30. The lowest BCUT2D eigenvalue weighted by Crippen LogP contribution is -2.41. The molecular weight excluding hydrogens is 618 g/mol. The van der Waals surface area contributed by atoms with Crippen LogP contribution in [0, 0.1) is 6.92 Å². The monoisotopic (exact) mass is 655 g/mol. The number of hydrazine groups is 1. The number of anilines is 1. The standard InChI is InChI=1S/C36H37N3O9/c1-7-17-45-30-25-26(29(41)23-12-10-9-11-22(23)28(25)40)31(46-18-8-2)32-27(30)24(19(3)47-32)34(43)39-38-33(42)20-13-15-21(16-14-20)37-35(44)48-36(4,5)6/h9-16H,7-8,17-18H2,1-6H3,(H,37,44)(H,38,42)(H,39,43). The molecule has 12 nitrogen and oxygen atoms in total. The molecule has 0 spiro atoms. The van der Waals surface area contributed by atoms with Crippen molar-refractivity contribution in [3.05, 3.63) is 87.7 Å². The van der Waals surface area contributed by atoms with E-state index in [0.717, 1.165) is 0 Å². The molecule has 0 aliphatic heterocycles. The predicted octanol–water partition coefficient (Wildman–Crippen LogP) is 6.52. The van der Waals surface area contributed by atoms with Crippen LogP contribution in [0.4, 0.5) is 10.5 Å². The van der Waals surface area contributed by atoms with Gasteiger partial charge in [0, 0.05) is 22.4 Å². The average Bonchev–Trinajstić information content (AvgIpc) is 3.39. The number of hydrogen-bond donors (Lipinski definition) is 3. The highest BCUT2D eigenvalue weighted by Crippen LogP contribution is 2.48. The van der Waals surface area contributed by atoms with Crippen molar-refractivity contribution in [1.29, 1.82) is 0 Å². The van der Waals surface area contributed by atoms with Crippen LogP contribution in [0.15, 0.2) is 52.9 Å². The van der Waals surface area contributed by atoms with Gasteiger partial charge in [-0.25, -0.2) is 4.79 Å². The van der Waals surface area contributed by atoms with E-state index in [-0.39, 0.29) is 74.8 Å². The van der Waals surface area contributed by atoms with E-state index >= 15 is 0 Å². The fourth-order valence-electron chi connectivity index (χ4n) is 5.31. The number of amides is 3. The molecule has 0 radical (unpaired) electrons. The number of hydrogen-bond acceptors (Lipinski definition) is 9. The molecule has 1 aliphatic carbocycles. The van der Waals surface area contributed by atoms with Crippen molar-refractivity contribution in [3.63, 3.8) is 0 Å². The molecule has 48 heavy (non-hydrogen) atoms. The van der Waals surface area contributed by atoms with Gasteiger partial charge in [-0.05, 0) is 64.8 Å². The van der Waals surface area contributed by atoms with E-state index < -0.39 is 35.1 Å². The molecule has 12 heteroatoms. The molecule has 250 valence electrons. The molecule has 5 rings (SSSR count). The molecule has 1 heterocycles. The second kappa shape index (κ2) is 13.6. The minimum atomic E-state index is -0.750. The first-order valence-corrected chi connectivity index (χ1v) is 15.6. The van der Waals surface area contributed by atoms with Gasteiger partial charge >= 0.3 is 6.09 Å². The number of benzene rings is 3. The smallest absolute Gasteiger partial charge is 0.412 e. The molecule has 1 aromatic heterocycles. The Labute approximate surface area is 277 Å². The molecule has 3 amide bonds. The van der Waals surface area contributed by atoms with E-state index in [1.165, 1.54) is 24.3 Å². The van der Waals surface area contributed by atoms with Crippen LogP contribution in [0.5, 0.6) is 11.5 Å². The van der Waals surface area contributed by atoms with Crippen LogP contribution in [0.25, 0.3) is 11.0 Å².